The monoisotopic (exact) mass is 340 g/mol. The highest BCUT2D eigenvalue weighted by Gasteiger charge is 2.29. The van der Waals surface area contributed by atoms with Crippen LogP contribution in [0, 0.1) is 0 Å². The van der Waals surface area contributed by atoms with Crippen LogP contribution in [0.4, 0.5) is 13.2 Å². The van der Waals surface area contributed by atoms with Crippen molar-refractivity contribution in [3.63, 3.8) is 0 Å². The van der Waals surface area contributed by atoms with Crippen LogP contribution in [0.15, 0.2) is 29.5 Å². The highest BCUT2D eigenvalue weighted by atomic mass is 19.4. The SMILES string of the molecule is O=c1cc(C2CCCCC2)ncn1Cc1ccnn1CC(F)(F)F. The summed E-state index contributed by atoms with van der Waals surface area (Å²) in [5.41, 5.74) is 0.867. The molecule has 0 unspecified atom stereocenters. The van der Waals surface area contributed by atoms with Gasteiger partial charge in [-0.3, -0.25) is 14.0 Å². The van der Waals surface area contributed by atoms with Crippen LogP contribution in [0.5, 0.6) is 0 Å². The van der Waals surface area contributed by atoms with Gasteiger partial charge >= 0.3 is 6.18 Å². The van der Waals surface area contributed by atoms with Crippen molar-refractivity contribution in [1.29, 1.82) is 0 Å². The largest absolute Gasteiger partial charge is 0.408 e. The summed E-state index contributed by atoms with van der Waals surface area (Å²) in [6.45, 7) is -1.15. The van der Waals surface area contributed by atoms with Crippen LogP contribution >= 0.6 is 0 Å². The van der Waals surface area contributed by atoms with Crippen LogP contribution in [0.25, 0.3) is 0 Å². The summed E-state index contributed by atoms with van der Waals surface area (Å²) in [6.07, 6.45) is 3.96. The van der Waals surface area contributed by atoms with Crippen LogP contribution in [0.3, 0.4) is 0 Å². The van der Waals surface area contributed by atoms with Crippen molar-refractivity contribution in [3.05, 3.63) is 46.4 Å². The predicted molar refractivity (Wildman–Crippen MR) is 81.7 cm³/mol. The Morgan fingerprint density at radius 1 is 1.21 bits per heavy atom. The molecule has 8 heteroatoms. The van der Waals surface area contributed by atoms with Gasteiger partial charge in [0.1, 0.15) is 6.54 Å². The van der Waals surface area contributed by atoms with E-state index in [1.165, 1.54) is 35.6 Å². The molecule has 0 N–H and O–H groups in total. The molecule has 0 amide bonds. The molecular weight excluding hydrogens is 321 g/mol. The first kappa shape index (κ1) is 16.7. The predicted octanol–water partition coefficient (Wildman–Crippen LogP) is 3.10. The fourth-order valence-corrected chi connectivity index (χ4v) is 3.16. The van der Waals surface area contributed by atoms with E-state index < -0.39 is 12.7 Å². The summed E-state index contributed by atoms with van der Waals surface area (Å²) >= 11 is 0. The van der Waals surface area contributed by atoms with E-state index in [2.05, 4.69) is 10.1 Å². The van der Waals surface area contributed by atoms with Gasteiger partial charge in [-0.1, -0.05) is 19.3 Å². The van der Waals surface area contributed by atoms with Crippen molar-refractivity contribution >= 4 is 0 Å². The Bertz CT molecular complexity index is 744. The minimum absolute atomic E-state index is 0.0207. The lowest BCUT2D eigenvalue weighted by Gasteiger charge is -2.21. The molecule has 0 atom stereocenters. The maximum atomic E-state index is 12.5. The molecule has 0 bridgehead atoms. The lowest BCUT2D eigenvalue weighted by Crippen LogP contribution is -2.25. The number of halogens is 3. The molecule has 0 radical (unpaired) electrons. The summed E-state index contributed by atoms with van der Waals surface area (Å²) in [6, 6.07) is 2.99. The molecule has 2 aromatic rings. The van der Waals surface area contributed by atoms with Crippen molar-refractivity contribution in [2.75, 3.05) is 0 Å². The second-order valence-electron chi connectivity index (χ2n) is 6.21. The Balaban J connectivity index is 1.77. The van der Waals surface area contributed by atoms with Crippen LogP contribution < -0.4 is 5.56 Å². The highest BCUT2D eigenvalue weighted by Crippen LogP contribution is 2.30. The number of nitrogens with zero attached hydrogens (tertiary/aromatic N) is 4. The van der Waals surface area contributed by atoms with Crippen LogP contribution in [-0.2, 0) is 13.1 Å². The number of rotatable bonds is 4. The minimum Gasteiger partial charge on any atom is -0.293 e. The fourth-order valence-electron chi connectivity index (χ4n) is 3.16. The maximum absolute atomic E-state index is 12.5. The molecule has 5 nitrogen and oxygen atoms in total. The lowest BCUT2D eigenvalue weighted by molar-refractivity contribution is -0.143. The van der Waals surface area contributed by atoms with E-state index in [4.69, 9.17) is 0 Å². The molecule has 2 aromatic heterocycles. The minimum atomic E-state index is -4.35. The van der Waals surface area contributed by atoms with Gasteiger partial charge in [0, 0.05) is 18.2 Å². The number of hydrogen-bond donors (Lipinski definition) is 0. The average Bonchev–Trinajstić information content (AvgIpc) is 2.95. The Morgan fingerprint density at radius 2 is 1.96 bits per heavy atom. The van der Waals surface area contributed by atoms with Crippen molar-refractivity contribution in [2.45, 2.75) is 57.3 Å². The van der Waals surface area contributed by atoms with Crippen LogP contribution in [0.2, 0.25) is 0 Å². The molecule has 0 saturated heterocycles. The van der Waals surface area contributed by atoms with Crippen LogP contribution in [-0.4, -0.2) is 25.5 Å². The van der Waals surface area contributed by atoms with E-state index in [9.17, 15) is 18.0 Å². The van der Waals surface area contributed by atoms with Crippen molar-refractivity contribution in [1.82, 2.24) is 19.3 Å². The third-order valence-electron chi connectivity index (χ3n) is 4.39. The Labute approximate surface area is 137 Å². The molecule has 1 fully saturated rings. The third-order valence-corrected chi connectivity index (χ3v) is 4.39. The van der Waals surface area contributed by atoms with E-state index in [0.29, 0.717) is 11.6 Å². The molecule has 3 rings (SSSR count). The van der Waals surface area contributed by atoms with Gasteiger partial charge in [0.25, 0.3) is 5.56 Å². The second kappa shape index (κ2) is 6.78. The molecule has 130 valence electrons. The topological polar surface area (TPSA) is 52.7 Å². The summed E-state index contributed by atoms with van der Waals surface area (Å²) in [5.74, 6) is 0.317. The quantitative estimate of drug-likeness (QED) is 0.859. The summed E-state index contributed by atoms with van der Waals surface area (Å²) in [4.78, 5) is 16.6. The van der Waals surface area contributed by atoms with Crippen molar-refractivity contribution in [3.8, 4) is 0 Å². The van der Waals surface area contributed by atoms with Gasteiger partial charge in [0.15, 0.2) is 0 Å². The molecular formula is C16H19F3N4O. The number of hydrogen-bond acceptors (Lipinski definition) is 3. The van der Waals surface area contributed by atoms with Gasteiger partial charge in [-0.05, 0) is 18.9 Å². The van der Waals surface area contributed by atoms with Gasteiger partial charge in [0.05, 0.1) is 24.3 Å². The smallest absolute Gasteiger partial charge is 0.293 e. The molecule has 24 heavy (non-hydrogen) atoms. The number of alkyl halides is 3. The van der Waals surface area contributed by atoms with E-state index in [1.807, 2.05) is 0 Å². The van der Waals surface area contributed by atoms with E-state index in [0.717, 1.165) is 36.1 Å². The molecule has 0 spiro atoms. The van der Waals surface area contributed by atoms with E-state index in [1.54, 1.807) is 0 Å². The zero-order valence-corrected chi connectivity index (χ0v) is 13.2. The third kappa shape index (κ3) is 4.04. The molecule has 0 aromatic carbocycles. The lowest BCUT2D eigenvalue weighted by atomic mass is 9.87. The maximum Gasteiger partial charge on any atom is 0.408 e. The van der Waals surface area contributed by atoms with E-state index >= 15 is 0 Å². The normalized spacial score (nSPS) is 16.5. The average molecular weight is 340 g/mol. The Kier molecular flexibility index (Phi) is 4.73. The molecule has 1 saturated carbocycles. The zero-order valence-electron chi connectivity index (χ0n) is 13.2. The summed E-state index contributed by atoms with van der Waals surface area (Å²) < 4.78 is 39.8. The van der Waals surface area contributed by atoms with E-state index in [-0.39, 0.29) is 12.1 Å². The molecule has 1 aliphatic carbocycles. The summed E-state index contributed by atoms with van der Waals surface area (Å²) in [5, 5.41) is 3.68. The first-order valence-electron chi connectivity index (χ1n) is 8.06. The first-order chi connectivity index (χ1) is 11.4. The second-order valence-corrected chi connectivity index (χ2v) is 6.21. The first-order valence-corrected chi connectivity index (χ1v) is 8.06. The van der Waals surface area contributed by atoms with Gasteiger partial charge < -0.3 is 0 Å². The molecule has 1 aliphatic rings. The summed E-state index contributed by atoms with van der Waals surface area (Å²) in [7, 11) is 0. The highest BCUT2D eigenvalue weighted by molar-refractivity contribution is 5.09. The van der Waals surface area contributed by atoms with Crippen molar-refractivity contribution < 1.29 is 13.2 Å². The fraction of sp³-hybridized carbons (Fsp3) is 0.562. The van der Waals surface area contributed by atoms with Gasteiger partial charge in [-0.25, -0.2) is 4.98 Å². The zero-order chi connectivity index (χ0) is 17.2. The van der Waals surface area contributed by atoms with Gasteiger partial charge in [-0.15, -0.1) is 0 Å². The standard InChI is InChI=1S/C16H19F3N4O/c17-16(18,19)10-23-13(6-7-21-23)9-22-11-20-14(8-15(22)24)12-4-2-1-3-5-12/h6-8,11-12H,1-5,9-10H2. The van der Waals surface area contributed by atoms with Crippen LogP contribution in [0.1, 0.15) is 49.4 Å². The molecule has 0 aliphatic heterocycles. The van der Waals surface area contributed by atoms with Gasteiger partial charge in [-0.2, -0.15) is 18.3 Å². The van der Waals surface area contributed by atoms with Crippen molar-refractivity contribution in [2.24, 2.45) is 0 Å². The molecule has 2 heterocycles. The Morgan fingerprint density at radius 3 is 2.62 bits per heavy atom. The van der Waals surface area contributed by atoms with Gasteiger partial charge in [0.2, 0.25) is 0 Å². The number of aromatic nitrogens is 4. The Hall–Kier alpha value is -2.12.